The highest BCUT2D eigenvalue weighted by Crippen LogP contribution is 2.19. The van der Waals surface area contributed by atoms with Gasteiger partial charge in [0.1, 0.15) is 5.82 Å². The Morgan fingerprint density at radius 2 is 2.07 bits per heavy atom. The number of amides is 1. The summed E-state index contributed by atoms with van der Waals surface area (Å²) in [7, 11) is 0. The second kappa shape index (κ2) is 7.48. The fraction of sp³-hybridized carbons (Fsp3) is 0.421. The standard InChI is InChI=1S/C19H22FN5O2/c20-13-4-3-5-14(10-13)21-17(26)12-24-9-6-16-15(11-24)18(27)23-19(22-16)25-7-1-2-8-25/h3-5,10H,1-2,6-9,11-12H2,(H,21,26)(H,22,23,27). The van der Waals surface area contributed by atoms with Crippen LogP contribution in [0, 0.1) is 5.82 Å². The first-order valence-electron chi connectivity index (χ1n) is 9.23. The van der Waals surface area contributed by atoms with Crippen molar-refractivity contribution < 1.29 is 9.18 Å². The summed E-state index contributed by atoms with van der Waals surface area (Å²) in [5.41, 5.74) is 1.74. The van der Waals surface area contributed by atoms with E-state index in [1.807, 2.05) is 4.90 Å². The van der Waals surface area contributed by atoms with Crippen molar-refractivity contribution in [3.63, 3.8) is 0 Å². The summed E-state index contributed by atoms with van der Waals surface area (Å²) in [5.74, 6) is 0.0294. The molecule has 0 radical (unpaired) electrons. The van der Waals surface area contributed by atoms with Gasteiger partial charge in [-0.25, -0.2) is 9.37 Å². The van der Waals surface area contributed by atoms with Crippen LogP contribution in [0.5, 0.6) is 0 Å². The van der Waals surface area contributed by atoms with E-state index in [1.165, 1.54) is 12.1 Å². The van der Waals surface area contributed by atoms with Crippen LogP contribution in [-0.2, 0) is 17.8 Å². The minimum Gasteiger partial charge on any atom is -0.342 e. The first-order chi connectivity index (χ1) is 13.1. The van der Waals surface area contributed by atoms with Gasteiger partial charge in [0, 0.05) is 38.3 Å². The number of aromatic nitrogens is 2. The third-order valence-electron chi connectivity index (χ3n) is 5.02. The number of fused-ring (bicyclic) bond motifs is 1. The largest absolute Gasteiger partial charge is 0.342 e. The SMILES string of the molecule is O=C(CN1CCc2nc(N3CCCC3)[nH]c(=O)c2C1)Nc1cccc(F)c1. The van der Waals surface area contributed by atoms with E-state index in [0.717, 1.165) is 31.6 Å². The molecule has 0 bridgehead atoms. The molecular formula is C19H22FN5O2. The van der Waals surface area contributed by atoms with Gasteiger partial charge in [-0.15, -0.1) is 0 Å². The van der Waals surface area contributed by atoms with Crippen LogP contribution < -0.4 is 15.8 Å². The van der Waals surface area contributed by atoms with Crippen molar-refractivity contribution in [2.75, 3.05) is 36.4 Å². The lowest BCUT2D eigenvalue weighted by Gasteiger charge is -2.28. The molecular weight excluding hydrogens is 349 g/mol. The highest BCUT2D eigenvalue weighted by molar-refractivity contribution is 5.92. The lowest BCUT2D eigenvalue weighted by molar-refractivity contribution is -0.117. The highest BCUT2D eigenvalue weighted by Gasteiger charge is 2.24. The van der Waals surface area contributed by atoms with Gasteiger partial charge in [-0.2, -0.15) is 0 Å². The molecule has 0 unspecified atom stereocenters. The van der Waals surface area contributed by atoms with Gasteiger partial charge < -0.3 is 10.2 Å². The molecule has 142 valence electrons. The molecule has 2 aromatic rings. The Bertz CT molecular complexity index is 907. The molecule has 1 aromatic carbocycles. The van der Waals surface area contributed by atoms with E-state index in [9.17, 15) is 14.0 Å². The third-order valence-corrected chi connectivity index (χ3v) is 5.02. The summed E-state index contributed by atoms with van der Waals surface area (Å²) < 4.78 is 13.2. The third kappa shape index (κ3) is 4.00. The smallest absolute Gasteiger partial charge is 0.257 e. The molecule has 0 atom stereocenters. The zero-order valence-electron chi connectivity index (χ0n) is 15.0. The lowest BCUT2D eigenvalue weighted by atomic mass is 10.1. The zero-order valence-corrected chi connectivity index (χ0v) is 15.0. The van der Waals surface area contributed by atoms with Gasteiger partial charge in [-0.3, -0.25) is 19.5 Å². The van der Waals surface area contributed by atoms with Crippen molar-refractivity contribution in [1.29, 1.82) is 0 Å². The van der Waals surface area contributed by atoms with Gasteiger partial charge in [0.25, 0.3) is 5.56 Å². The molecule has 1 amide bonds. The van der Waals surface area contributed by atoms with Gasteiger partial charge >= 0.3 is 0 Å². The second-order valence-corrected chi connectivity index (χ2v) is 7.03. The Kier molecular flexibility index (Phi) is 4.89. The number of H-pyrrole nitrogens is 1. The molecule has 8 heteroatoms. The van der Waals surface area contributed by atoms with E-state index in [4.69, 9.17) is 0 Å². The van der Waals surface area contributed by atoms with Crippen LogP contribution in [0.2, 0.25) is 0 Å². The highest BCUT2D eigenvalue weighted by atomic mass is 19.1. The quantitative estimate of drug-likeness (QED) is 0.851. The lowest BCUT2D eigenvalue weighted by Crippen LogP contribution is -2.40. The molecule has 27 heavy (non-hydrogen) atoms. The number of benzene rings is 1. The van der Waals surface area contributed by atoms with Crippen molar-refractivity contribution in [2.24, 2.45) is 0 Å². The number of hydrogen-bond donors (Lipinski definition) is 2. The van der Waals surface area contributed by atoms with Crippen LogP contribution in [-0.4, -0.2) is 47.0 Å². The van der Waals surface area contributed by atoms with Crippen LogP contribution in [0.15, 0.2) is 29.1 Å². The van der Waals surface area contributed by atoms with E-state index < -0.39 is 5.82 Å². The summed E-state index contributed by atoms with van der Waals surface area (Å²) in [4.78, 5) is 36.3. The van der Waals surface area contributed by atoms with Gasteiger partial charge in [0.2, 0.25) is 11.9 Å². The van der Waals surface area contributed by atoms with E-state index in [-0.39, 0.29) is 18.0 Å². The number of nitrogens with one attached hydrogen (secondary N) is 2. The normalized spacial score (nSPS) is 17.0. The molecule has 4 rings (SSSR count). The molecule has 3 heterocycles. The number of carbonyl (C=O) groups is 1. The van der Waals surface area contributed by atoms with Crippen molar-refractivity contribution in [3.8, 4) is 0 Å². The molecule has 2 aliphatic heterocycles. The first kappa shape index (κ1) is 17.7. The van der Waals surface area contributed by atoms with Crippen molar-refractivity contribution >= 4 is 17.5 Å². The van der Waals surface area contributed by atoms with Crippen LogP contribution in [0.3, 0.4) is 0 Å². The molecule has 0 spiro atoms. The Balaban J connectivity index is 1.42. The summed E-state index contributed by atoms with van der Waals surface area (Å²) in [6, 6.07) is 5.79. The number of aromatic amines is 1. The summed E-state index contributed by atoms with van der Waals surface area (Å²) in [6.07, 6.45) is 2.87. The fourth-order valence-corrected chi connectivity index (χ4v) is 3.65. The van der Waals surface area contributed by atoms with Crippen LogP contribution in [0.4, 0.5) is 16.0 Å². The van der Waals surface area contributed by atoms with E-state index >= 15 is 0 Å². The van der Waals surface area contributed by atoms with Gasteiger partial charge in [0.15, 0.2) is 0 Å². The van der Waals surface area contributed by atoms with Crippen LogP contribution >= 0.6 is 0 Å². The maximum Gasteiger partial charge on any atom is 0.257 e. The molecule has 0 aliphatic carbocycles. The number of hydrogen-bond acceptors (Lipinski definition) is 5. The summed E-state index contributed by atoms with van der Waals surface area (Å²) in [6.45, 7) is 3.03. The number of carbonyl (C=O) groups excluding carboxylic acids is 1. The maximum atomic E-state index is 13.2. The molecule has 1 aromatic heterocycles. The van der Waals surface area contributed by atoms with Crippen molar-refractivity contribution in [2.45, 2.75) is 25.8 Å². The van der Waals surface area contributed by atoms with Gasteiger partial charge in [-0.05, 0) is 31.0 Å². The Hall–Kier alpha value is -2.74. The molecule has 2 N–H and O–H groups in total. The number of nitrogens with zero attached hydrogens (tertiary/aromatic N) is 3. The predicted molar refractivity (Wildman–Crippen MR) is 100 cm³/mol. The molecule has 2 aliphatic rings. The van der Waals surface area contributed by atoms with Crippen LogP contribution in [0.25, 0.3) is 0 Å². The summed E-state index contributed by atoms with van der Waals surface area (Å²) >= 11 is 0. The maximum absolute atomic E-state index is 13.2. The number of anilines is 2. The average molecular weight is 371 g/mol. The second-order valence-electron chi connectivity index (χ2n) is 7.03. The first-order valence-corrected chi connectivity index (χ1v) is 9.23. The zero-order chi connectivity index (χ0) is 18.8. The van der Waals surface area contributed by atoms with E-state index in [2.05, 4.69) is 20.2 Å². The van der Waals surface area contributed by atoms with Crippen molar-refractivity contribution in [1.82, 2.24) is 14.9 Å². The number of rotatable bonds is 4. The Morgan fingerprint density at radius 1 is 1.26 bits per heavy atom. The molecule has 7 nitrogen and oxygen atoms in total. The Morgan fingerprint density at radius 3 is 2.85 bits per heavy atom. The van der Waals surface area contributed by atoms with Crippen LogP contribution in [0.1, 0.15) is 24.1 Å². The van der Waals surface area contributed by atoms with Gasteiger partial charge in [0.05, 0.1) is 17.8 Å². The monoisotopic (exact) mass is 371 g/mol. The Labute approximate surface area is 156 Å². The molecule has 0 saturated carbocycles. The minimum atomic E-state index is -0.397. The topological polar surface area (TPSA) is 81.3 Å². The summed E-state index contributed by atoms with van der Waals surface area (Å²) in [5, 5.41) is 2.69. The molecule has 1 saturated heterocycles. The average Bonchev–Trinajstić information content (AvgIpc) is 3.17. The minimum absolute atomic E-state index is 0.128. The van der Waals surface area contributed by atoms with Gasteiger partial charge in [-0.1, -0.05) is 6.07 Å². The van der Waals surface area contributed by atoms with E-state index in [1.54, 1.807) is 12.1 Å². The fourth-order valence-electron chi connectivity index (χ4n) is 3.65. The predicted octanol–water partition coefficient (Wildman–Crippen LogP) is 1.51. The molecule has 1 fully saturated rings. The number of halogens is 1. The van der Waals surface area contributed by atoms with E-state index in [0.29, 0.717) is 36.7 Å². The van der Waals surface area contributed by atoms with Crippen molar-refractivity contribution in [3.05, 3.63) is 51.7 Å².